The van der Waals surface area contributed by atoms with Gasteiger partial charge in [0, 0.05) is 32.7 Å². The Hall–Kier alpha value is -7.62. The van der Waals surface area contributed by atoms with Gasteiger partial charge in [-0.15, -0.1) is 0 Å². The fraction of sp³-hybridized carbons (Fsp3) is 0.0182. The molecule has 0 atom stereocenters. The number of fused-ring (bicyclic) bond motifs is 16. The van der Waals surface area contributed by atoms with Crippen LogP contribution >= 0.6 is 0 Å². The van der Waals surface area contributed by atoms with Gasteiger partial charge in [0.2, 0.25) is 0 Å². The number of nitrogens with zero attached hydrogens (tertiary/aromatic N) is 1. The summed E-state index contributed by atoms with van der Waals surface area (Å²) in [6.45, 7) is 0. The molecule has 0 saturated carbocycles. The molecule has 0 radical (unpaired) electrons. The van der Waals surface area contributed by atoms with Crippen molar-refractivity contribution in [2.75, 3.05) is 4.90 Å². The number of anilines is 3. The summed E-state index contributed by atoms with van der Waals surface area (Å²) in [6, 6.07) is 72.5. The van der Waals surface area contributed by atoms with Crippen molar-refractivity contribution >= 4 is 60.9 Å². The Morgan fingerprint density at radius 3 is 1.57 bits per heavy atom. The molecule has 270 valence electrons. The molecule has 58 heavy (non-hydrogen) atoms. The fourth-order valence-corrected chi connectivity index (χ4v) is 10.5. The molecule has 0 fully saturated rings. The predicted octanol–water partition coefficient (Wildman–Crippen LogP) is 15.0. The van der Waals surface area contributed by atoms with Crippen LogP contribution in [0, 0.1) is 0 Å². The molecule has 0 saturated heterocycles. The average Bonchev–Trinajstić information content (AvgIpc) is 4.03. The second-order valence-corrected chi connectivity index (χ2v) is 15.5. The van der Waals surface area contributed by atoms with Gasteiger partial charge in [-0.05, 0) is 80.9 Å². The minimum absolute atomic E-state index is 0.479. The highest BCUT2D eigenvalue weighted by Gasteiger charge is 2.52. The number of rotatable bonds is 4. The van der Waals surface area contributed by atoms with Crippen molar-refractivity contribution in [1.82, 2.24) is 0 Å². The van der Waals surface area contributed by atoms with E-state index in [1.54, 1.807) is 0 Å². The molecule has 3 heteroatoms. The summed E-state index contributed by atoms with van der Waals surface area (Å²) in [5.41, 5.74) is 18.6. The highest BCUT2D eigenvalue weighted by Crippen LogP contribution is 2.65. The molecule has 0 N–H and O–H groups in total. The van der Waals surface area contributed by atoms with Crippen LogP contribution in [0.15, 0.2) is 209 Å². The SMILES string of the molecule is c1ccc(N(c2cccc3c2-c2ccccc2C32c3ccccc3-c3ccccc32)c2cccc3c2oc2ccccc23)c(-c2cccc3oc4ccccc4c23)c1. The maximum Gasteiger partial charge on any atom is 0.159 e. The molecule has 0 aliphatic heterocycles. The second kappa shape index (κ2) is 11.7. The minimum Gasteiger partial charge on any atom is -0.456 e. The lowest BCUT2D eigenvalue weighted by atomic mass is 9.70. The molecule has 0 amide bonds. The van der Waals surface area contributed by atoms with Crippen LogP contribution in [0.25, 0.3) is 77.3 Å². The Labute approximate surface area is 334 Å². The first-order chi connectivity index (χ1) is 28.8. The van der Waals surface area contributed by atoms with Crippen LogP contribution in [-0.4, -0.2) is 0 Å². The third-order valence-corrected chi connectivity index (χ3v) is 12.7. The van der Waals surface area contributed by atoms with E-state index in [-0.39, 0.29) is 0 Å². The molecule has 2 aromatic heterocycles. The number of furan rings is 2. The Bertz CT molecular complexity index is 3450. The Morgan fingerprint density at radius 1 is 0.310 bits per heavy atom. The van der Waals surface area contributed by atoms with E-state index in [2.05, 4.69) is 193 Å². The maximum atomic E-state index is 6.89. The van der Waals surface area contributed by atoms with Crippen LogP contribution < -0.4 is 4.90 Å². The highest BCUT2D eigenvalue weighted by molar-refractivity contribution is 6.16. The third-order valence-electron chi connectivity index (χ3n) is 12.7. The fourth-order valence-electron chi connectivity index (χ4n) is 10.5. The van der Waals surface area contributed by atoms with Gasteiger partial charge in [0.05, 0.1) is 22.5 Å². The summed E-state index contributed by atoms with van der Waals surface area (Å²) < 4.78 is 13.3. The van der Waals surface area contributed by atoms with E-state index in [9.17, 15) is 0 Å². The molecule has 2 aliphatic carbocycles. The standard InChI is InChI=1S/C55H33NO2/c1-7-24-42-34(16-1)35-17-2-8-25-43(35)55(42)44-26-9-3-20-40(44)53-45(55)27-15-29-47(53)56(48-30-13-23-39-37-19-5-11-31-49(37)58-54(39)48)46-28-10-4-18-36(46)38-22-14-33-51-52(38)41-21-6-12-32-50(41)57-51/h1-33H. The van der Waals surface area contributed by atoms with Gasteiger partial charge in [-0.25, -0.2) is 0 Å². The lowest BCUT2D eigenvalue weighted by molar-refractivity contribution is 0.668. The van der Waals surface area contributed by atoms with E-state index < -0.39 is 5.41 Å². The normalized spacial score (nSPS) is 13.3. The maximum absolute atomic E-state index is 6.89. The largest absolute Gasteiger partial charge is 0.456 e. The van der Waals surface area contributed by atoms with Crippen LogP contribution in [0.5, 0.6) is 0 Å². The summed E-state index contributed by atoms with van der Waals surface area (Å²) in [7, 11) is 0. The summed E-state index contributed by atoms with van der Waals surface area (Å²) in [4.78, 5) is 2.46. The number of benzene rings is 9. The van der Waals surface area contributed by atoms with Gasteiger partial charge in [-0.2, -0.15) is 0 Å². The quantitative estimate of drug-likeness (QED) is 0.180. The van der Waals surface area contributed by atoms with Crippen LogP contribution in [0.1, 0.15) is 22.3 Å². The van der Waals surface area contributed by atoms with Crippen LogP contribution in [0.3, 0.4) is 0 Å². The topological polar surface area (TPSA) is 29.5 Å². The molecule has 11 aromatic rings. The summed E-state index contributed by atoms with van der Waals surface area (Å²) in [6.07, 6.45) is 0. The number of para-hydroxylation sites is 4. The molecular formula is C55H33NO2. The lowest BCUT2D eigenvalue weighted by Crippen LogP contribution is -2.26. The van der Waals surface area contributed by atoms with Crippen LogP contribution in [0.4, 0.5) is 17.1 Å². The van der Waals surface area contributed by atoms with E-state index in [1.165, 1.54) is 44.5 Å². The number of hydrogen-bond donors (Lipinski definition) is 0. The van der Waals surface area contributed by atoms with E-state index in [0.717, 1.165) is 72.1 Å². The molecule has 1 spiro atoms. The predicted molar refractivity (Wildman–Crippen MR) is 237 cm³/mol. The molecule has 2 heterocycles. The monoisotopic (exact) mass is 739 g/mol. The number of hydrogen-bond acceptors (Lipinski definition) is 3. The van der Waals surface area contributed by atoms with Gasteiger partial charge >= 0.3 is 0 Å². The third kappa shape index (κ3) is 4.02. The van der Waals surface area contributed by atoms with Crippen molar-refractivity contribution in [1.29, 1.82) is 0 Å². The smallest absolute Gasteiger partial charge is 0.159 e. The van der Waals surface area contributed by atoms with Gasteiger partial charge in [0.15, 0.2) is 5.58 Å². The van der Waals surface area contributed by atoms with E-state index in [4.69, 9.17) is 8.83 Å². The first-order valence-electron chi connectivity index (χ1n) is 19.9. The van der Waals surface area contributed by atoms with Gasteiger partial charge < -0.3 is 13.7 Å². The first-order valence-corrected chi connectivity index (χ1v) is 19.9. The molecule has 3 nitrogen and oxygen atoms in total. The van der Waals surface area contributed by atoms with Crippen LogP contribution in [0.2, 0.25) is 0 Å². The van der Waals surface area contributed by atoms with Gasteiger partial charge in [-0.1, -0.05) is 164 Å². The summed E-state index contributed by atoms with van der Waals surface area (Å²) in [5.74, 6) is 0. The van der Waals surface area contributed by atoms with E-state index in [0.29, 0.717) is 0 Å². The van der Waals surface area contributed by atoms with Gasteiger partial charge in [-0.3, -0.25) is 0 Å². The van der Waals surface area contributed by atoms with Gasteiger partial charge in [0.1, 0.15) is 16.7 Å². The molecule has 2 aliphatic rings. The zero-order valence-electron chi connectivity index (χ0n) is 31.3. The van der Waals surface area contributed by atoms with E-state index >= 15 is 0 Å². The zero-order chi connectivity index (χ0) is 38.0. The van der Waals surface area contributed by atoms with Crippen molar-refractivity contribution in [2.24, 2.45) is 0 Å². The minimum atomic E-state index is -0.479. The van der Waals surface area contributed by atoms with Crippen molar-refractivity contribution in [3.63, 3.8) is 0 Å². The molecule has 13 rings (SSSR count). The first kappa shape index (κ1) is 31.6. The lowest BCUT2D eigenvalue weighted by Gasteiger charge is -2.32. The van der Waals surface area contributed by atoms with Crippen LogP contribution in [-0.2, 0) is 5.41 Å². The molecule has 9 aromatic carbocycles. The highest BCUT2D eigenvalue weighted by atomic mass is 16.3. The summed E-state index contributed by atoms with van der Waals surface area (Å²) >= 11 is 0. The van der Waals surface area contributed by atoms with Crippen molar-refractivity contribution in [2.45, 2.75) is 5.41 Å². The van der Waals surface area contributed by atoms with E-state index in [1.807, 2.05) is 12.1 Å². The van der Waals surface area contributed by atoms with Crippen molar-refractivity contribution in [3.05, 3.63) is 222 Å². The van der Waals surface area contributed by atoms with Gasteiger partial charge in [0.25, 0.3) is 0 Å². The summed E-state index contributed by atoms with van der Waals surface area (Å²) in [5, 5.41) is 4.39. The molecule has 0 unspecified atom stereocenters. The Morgan fingerprint density at radius 2 is 0.793 bits per heavy atom. The Kier molecular flexibility index (Phi) is 6.37. The van der Waals surface area contributed by atoms with Crippen molar-refractivity contribution in [3.8, 4) is 33.4 Å². The second-order valence-electron chi connectivity index (χ2n) is 15.5. The Balaban J connectivity index is 1.16. The van der Waals surface area contributed by atoms with Crippen molar-refractivity contribution < 1.29 is 8.83 Å². The molecule has 0 bridgehead atoms. The molecular weight excluding hydrogens is 707 g/mol. The average molecular weight is 740 g/mol. The zero-order valence-corrected chi connectivity index (χ0v) is 31.3.